The molecule has 2 fully saturated rings. The van der Waals surface area contributed by atoms with Crippen LogP contribution >= 0.6 is 0 Å². The lowest BCUT2D eigenvalue weighted by Gasteiger charge is -2.35. The van der Waals surface area contributed by atoms with Gasteiger partial charge in [0.15, 0.2) is 0 Å². The predicted octanol–water partition coefficient (Wildman–Crippen LogP) is 3.59. The van der Waals surface area contributed by atoms with Crippen LogP contribution < -0.4 is 15.1 Å². The molecule has 2 aromatic rings. The molecule has 0 radical (unpaired) electrons. The molecule has 0 aliphatic carbocycles. The SMILES string of the molecule is CC(C)(C)C(=O)OCOC(=O)N1CCN(c2ccccc2)CC1.c1ccc(N2CCNCC2)cc1. The van der Waals surface area contributed by atoms with E-state index in [1.54, 1.807) is 25.7 Å². The number of hydrogen-bond acceptors (Lipinski definition) is 7. The maximum Gasteiger partial charge on any atom is 0.412 e. The lowest BCUT2D eigenvalue weighted by atomic mass is 9.98. The van der Waals surface area contributed by atoms with Crippen molar-refractivity contribution >= 4 is 23.4 Å². The van der Waals surface area contributed by atoms with Crippen LogP contribution in [0.1, 0.15) is 20.8 Å². The van der Waals surface area contributed by atoms with E-state index in [0.717, 1.165) is 45.0 Å². The van der Waals surface area contributed by atoms with E-state index >= 15 is 0 Å². The molecule has 0 aromatic heterocycles. The Bertz CT molecular complexity index is 904. The molecule has 35 heavy (non-hydrogen) atoms. The number of amides is 1. The number of anilines is 2. The first kappa shape index (κ1) is 26.3. The van der Waals surface area contributed by atoms with Crippen molar-refractivity contribution in [3.63, 3.8) is 0 Å². The fraction of sp³-hybridized carbons (Fsp3) is 0.481. The van der Waals surface area contributed by atoms with Crippen molar-refractivity contribution < 1.29 is 19.1 Å². The zero-order valence-corrected chi connectivity index (χ0v) is 21.1. The molecule has 0 unspecified atom stereocenters. The van der Waals surface area contributed by atoms with Gasteiger partial charge in [-0.1, -0.05) is 36.4 Å². The minimum Gasteiger partial charge on any atom is -0.427 e. The van der Waals surface area contributed by atoms with Crippen LogP contribution in [-0.2, 0) is 14.3 Å². The third kappa shape index (κ3) is 8.47. The van der Waals surface area contributed by atoms with Crippen LogP contribution in [0.2, 0.25) is 0 Å². The van der Waals surface area contributed by atoms with E-state index < -0.39 is 11.5 Å². The van der Waals surface area contributed by atoms with E-state index in [9.17, 15) is 9.59 Å². The number of esters is 1. The molecule has 2 aromatic carbocycles. The number of benzene rings is 2. The Labute approximate surface area is 208 Å². The average molecular weight is 483 g/mol. The highest BCUT2D eigenvalue weighted by atomic mass is 16.7. The summed E-state index contributed by atoms with van der Waals surface area (Å²) in [6, 6.07) is 20.7. The molecule has 0 bridgehead atoms. The summed E-state index contributed by atoms with van der Waals surface area (Å²) in [5, 5.41) is 3.34. The van der Waals surface area contributed by atoms with E-state index in [1.165, 1.54) is 5.69 Å². The number of ether oxygens (including phenoxy) is 2. The van der Waals surface area contributed by atoms with Crippen LogP contribution in [-0.4, -0.2) is 76.1 Å². The van der Waals surface area contributed by atoms with Crippen molar-refractivity contribution in [2.75, 3.05) is 69.0 Å². The lowest BCUT2D eigenvalue weighted by Crippen LogP contribution is -2.49. The van der Waals surface area contributed by atoms with E-state index in [0.29, 0.717) is 13.1 Å². The van der Waals surface area contributed by atoms with Crippen molar-refractivity contribution in [2.45, 2.75) is 20.8 Å². The number of nitrogens with zero attached hydrogens (tertiary/aromatic N) is 3. The number of rotatable bonds is 4. The monoisotopic (exact) mass is 482 g/mol. The largest absolute Gasteiger partial charge is 0.427 e. The fourth-order valence-corrected chi connectivity index (χ4v) is 3.79. The maximum atomic E-state index is 12.0. The summed E-state index contributed by atoms with van der Waals surface area (Å²) >= 11 is 0. The molecule has 2 aliphatic rings. The maximum absolute atomic E-state index is 12.0. The molecule has 2 aliphatic heterocycles. The molecule has 2 saturated heterocycles. The minimum absolute atomic E-state index is 0.339. The highest BCUT2D eigenvalue weighted by Crippen LogP contribution is 2.17. The van der Waals surface area contributed by atoms with Gasteiger partial charge in [-0.2, -0.15) is 0 Å². The summed E-state index contributed by atoms with van der Waals surface area (Å²) in [7, 11) is 0. The topological polar surface area (TPSA) is 74.4 Å². The van der Waals surface area contributed by atoms with Crippen molar-refractivity contribution in [2.24, 2.45) is 5.41 Å². The Morgan fingerprint density at radius 2 is 1.23 bits per heavy atom. The molecule has 2 heterocycles. The second-order valence-corrected chi connectivity index (χ2v) is 9.59. The Morgan fingerprint density at radius 1 is 0.743 bits per heavy atom. The van der Waals surface area contributed by atoms with Gasteiger partial charge in [-0.05, 0) is 45.0 Å². The van der Waals surface area contributed by atoms with E-state index in [2.05, 4.69) is 57.6 Å². The first-order valence-corrected chi connectivity index (χ1v) is 12.2. The Morgan fingerprint density at radius 3 is 1.71 bits per heavy atom. The van der Waals surface area contributed by atoms with Crippen molar-refractivity contribution in [1.29, 1.82) is 0 Å². The molecule has 4 rings (SSSR count). The Kier molecular flexibility index (Phi) is 9.78. The molecule has 0 spiro atoms. The molecular formula is C27H38N4O4. The number of carbonyl (C=O) groups is 2. The van der Waals surface area contributed by atoms with Crippen LogP contribution in [0.3, 0.4) is 0 Å². The van der Waals surface area contributed by atoms with E-state index in [1.807, 2.05) is 18.2 Å². The van der Waals surface area contributed by atoms with Crippen molar-refractivity contribution in [3.8, 4) is 0 Å². The van der Waals surface area contributed by atoms with Gasteiger partial charge in [-0.3, -0.25) is 4.79 Å². The second-order valence-electron chi connectivity index (χ2n) is 9.59. The zero-order valence-electron chi connectivity index (χ0n) is 21.1. The molecular weight excluding hydrogens is 444 g/mol. The third-order valence-electron chi connectivity index (χ3n) is 5.88. The van der Waals surface area contributed by atoms with Crippen LogP contribution in [0.4, 0.5) is 16.2 Å². The van der Waals surface area contributed by atoms with Gasteiger partial charge >= 0.3 is 12.1 Å². The van der Waals surface area contributed by atoms with Crippen molar-refractivity contribution in [1.82, 2.24) is 10.2 Å². The third-order valence-corrected chi connectivity index (χ3v) is 5.88. The predicted molar refractivity (Wildman–Crippen MR) is 139 cm³/mol. The Hall–Kier alpha value is -3.26. The first-order valence-electron chi connectivity index (χ1n) is 12.2. The standard InChI is InChI=1S/C17H24N2O4.C10H14N2/c1-17(2,3)15(20)22-13-23-16(21)19-11-9-18(10-12-19)14-7-5-4-6-8-14;1-2-4-10(5-3-1)12-8-6-11-7-9-12/h4-8H,9-13H2,1-3H3;1-5,11H,6-9H2. The average Bonchev–Trinajstić information content (AvgIpc) is 2.90. The molecule has 8 heteroatoms. The quantitative estimate of drug-likeness (QED) is 0.527. The molecule has 0 saturated carbocycles. The van der Waals surface area contributed by atoms with Crippen molar-refractivity contribution in [3.05, 3.63) is 60.7 Å². The number of carbonyl (C=O) groups excluding carboxylic acids is 2. The van der Waals surface area contributed by atoms with Crippen LogP contribution in [0.25, 0.3) is 0 Å². The van der Waals surface area contributed by atoms with Crippen LogP contribution in [0.5, 0.6) is 0 Å². The van der Waals surface area contributed by atoms with Gasteiger partial charge in [-0.25, -0.2) is 4.79 Å². The molecule has 1 amide bonds. The van der Waals surface area contributed by atoms with Gasteiger partial charge in [0, 0.05) is 63.7 Å². The minimum atomic E-state index is -0.603. The second kappa shape index (κ2) is 13.0. The lowest BCUT2D eigenvalue weighted by molar-refractivity contribution is -0.161. The van der Waals surface area contributed by atoms with E-state index in [4.69, 9.17) is 9.47 Å². The van der Waals surface area contributed by atoms with Crippen LogP contribution in [0, 0.1) is 5.41 Å². The summed E-state index contributed by atoms with van der Waals surface area (Å²) in [5.74, 6) is -0.390. The van der Waals surface area contributed by atoms with Gasteiger partial charge < -0.3 is 29.5 Å². The smallest absolute Gasteiger partial charge is 0.412 e. The zero-order chi connectivity index (χ0) is 25.1. The summed E-state index contributed by atoms with van der Waals surface area (Å²) in [6.45, 7) is 12.1. The van der Waals surface area contributed by atoms with Gasteiger partial charge in [0.05, 0.1) is 5.41 Å². The summed E-state index contributed by atoms with van der Waals surface area (Å²) in [4.78, 5) is 29.8. The highest BCUT2D eigenvalue weighted by Gasteiger charge is 2.25. The number of piperazine rings is 2. The van der Waals surface area contributed by atoms with Crippen LogP contribution in [0.15, 0.2) is 60.7 Å². The molecule has 0 atom stereocenters. The summed E-state index contributed by atoms with van der Waals surface area (Å²) < 4.78 is 9.95. The highest BCUT2D eigenvalue weighted by molar-refractivity contribution is 5.75. The summed E-state index contributed by atoms with van der Waals surface area (Å²) in [5.41, 5.74) is 1.90. The number of hydrogen-bond donors (Lipinski definition) is 1. The Balaban J connectivity index is 0.000000237. The number of para-hydroxylation sites is 2. The van der Waals surface area contributed by atoms with E-state index in [-0.39, 0.29) is 12.8 Å². The van der Waals surface area contributed by atoms with Gasteiger partial charge in [0.25, 0.3) is 0 Å². The number of nitrogens with one attached hydrogen (secondary N) is 1. The summed E-state index contributed by atoms with van der Waals surface area (Å²) in [6.07, 6.45) is -0.445. The normalized spacial score (nSPS) is 16.1. The molecule has 1 N–H and O–H groups in total. The first-order chi connectivity index (χ1) is 16.8. The fourth-order valence-electron chi connectivity index (χ4n) is 3.79. The molecule has 190 valence electrons. The van der Waals surface area contributed by atoms with Gasteiger partial charge in [0.2, 0.25) is 6.79 Å². The molecule has 8 nitrogen and oxygen atoms in total. The van der Waals surface area contributed by atoms with Gasteiger partial charge in [0.1, 0.15) is 0 Å². The van der Waals surface area contributed by atoms with Gasteiger partial charge in [-0.15, -0.1) is 0 Å².